The van der Waals surface area contributed by atoms with Crippen LogP contribution >= 0.6 is 0 Å². The number of rotatable bonds is 10. The first kappa shape index (κ1) is 18.9. The van der Waals surface area contributed by atoms with Crippen molar-refractivity contribution in [1.82, 2.24) is 0 Å². The standard InChI is InChI=1S/C16H36N2O/c1-7-13(17)15(9-3,10-4)19-16(11-5,12-6)14(18)8-2/h13-14H,7-12,17-18H2,1-6H3. The van der Waals surface area contributed by atoms with Crippen LogP contribution in [0.3, 0.4) is 0 Å². The Balaban J connectivity index is 5.37. The van der Waals surface area contributed by atoms with E-state index in [9.17, 15) is 0 Å². The van der Waals surface area contributed by atoms with Gasteiger partial charge in [0.05, 0.1) is 11.2 Å². The first-order valence-corrected chi connectivity index (χ1v) is 8.13. The van der Waals surface area contributed by atoms with E-state index in [2.05, 4.69) is 41.5 Å². The van der Waals surface area contributed by atoms with Crippen LogP contribution in [0.1, 0.15) is 80.1 Å². The molecular weight excluding hydrogens is 236 g/mol. The van der Waals surface area contributed by atoms with Gasteiger partial charge in [0, 0.05) is 12.1 Å². The van der Waals surface area contributed by atoms with Gasteiger partial charge in [-0.2, -0.15) is 0 Å². The average Bonchev–Trinajstić information content (AvgIpc) is 2.48. The third-order valence-electron chi connectivity index (χ3n) is 5.03. The molecule has 0 radical (unpaired) electrons. The molecule has 0 aromatic heterocycles. The predicted octanol–water partition coefficient (Wildman–Crippen LogP) is 3.60. The van der Waals surface area contributed by atoms with E-state index in [0.717, 1.165) is 38.5 Å². The van der Waals surface area contributed by atoms with E-state index in [-0.39, 0.29) is 23.3 Å². The quantitative estimate of drug-likeness (QED) is 0.639. The Kier molecular flexibility index (Phi) is 8.18. The molecule has 0 aromatic carbocycles. The zero-order valence-corrected chi connectivity index (χ0v) is 14.0. The highest BCUT2D eigenvalue weighted by molar-refractivity contribution is 4.97. The van der Waals surface area contributed by atoms with Crippen LogP contribution < -0.4 is 11.5 Å². The lowest BCUT2D eigenvalue weighted by atomic mass is 9.82. The van der Waals surface area contributed by atoms with Crippen LogP contribution in [0, 0.1) is 0 Å². The molecule has 0 aliphatic heterocycles. The average molecular weight is 272 g/mol. The van der Waals surface area contributed by atoms with Gasteiger partial charge in [-0.25, -0.2) is 0 Å². The third-order valence-corrected chi connectivity index (χ3v) is 5.03. The second-order valence-corrected chi connectivity index (χ2v) is 5.68. The van der Waals surface area contributed by atoms with Crippen LogP contribution in [0.5, 0.6) is 0 Å². The fraction of sp³-hybridized carbons (Fsp3) is 1.00. The van der Waals surface area contributed by atoms with Crippen LogP contribution in [-0.4, -0.2) is 23.3 Å². The van der Waals surface area contributed by atoms with Crippen molar-refractivity contribution in [3.8, 4) is 0 Å². The summed E-state index contributed by atoms with van der Waals surface area (Å²) < 4.78 is 6.68. The van der Waals surface area contributed by atoms with Crippen molar-refractivity contribution in [3.05, 3.63) is 0 Å². The van der Waals surface area contributed by atoms with E-state index in [4.69, 9.17) is 16.2 Å². The first-order chi connectivity index (χ1) is 8.91. The predicted molar refractivity (Wildman–Crippen MR) is 84.2 cm³/mol. The normalized spacial score (nSPS) is 16.4. The molecule has 19 heavy (non-hydrogen) atoms. The van der Waals surface area contributed by atoms with Crippen LogP contribution in [0.25, 0.3) is 0 Å². The summed E-state index contributed by atoms with van der Waals surface area (Å²) in [5.41, 5.74) is 12.2. The Morgan fingerprint density at radius 1 is 0.684 bits per heavy atom. The SMILES string of the molecule is CCC(N)C(CC)(CC)OC(CC)(CC)C(N)CC. The van der Waals surface area contributed by atoms with Crippen molar-refractivity contribution in [2.45, 2.75) is 103 Å². The first-order valence-electron chi connectivity index (χ1n) is 8.13. The molecule has 3 heteroatoms. The van der Waals surface area contributed by atoms with Gasteiger partial charge in [0.2, 0.25) is 0 Å². The van der Waals surface area contributed by atoms with Crippen LogP contribution in [0.15, 0.2) is 0 Å². The number of hydrogen-bond acceptors (Lipinski definition) is 3. The van der Waals surface area contributed by atoms with Crippen molar-refractivity contribution in [3.63, 3.8) is 0 Å². The minimum absolute atomic E-state index is 0.0732. The van der Waals surface area contributed by atoms with E-state index < -0.39 is 0 Å². The fourth-order valence-corrected chi connectivity index (χ4v) is 3.14. The molecule has 0 heterocycles. The molecule has 0 amide bonds. The van der Waals surface area contributed by atoms with E-state index >= 15 is 0 Å². The van der Waals surface area contributed by atoms with E-state index in [1.807, 2.05) is 0 Å². The maximum absolute atomic E-state index is 6.68. The summed E-state index contributed by atoms with van der Waals surface area (Å²) in [6.45, 7) is 13.0. The molecule has 3 nitrogen and oxygen atoms in total. The van der Waals surface area contributed by atoms with Gasteiger partial charge in [0.1, 0.15) is 0 Å². The van der Waals surface area contributed by atoms with Crippen molar-refractivity contribution < 1.29 is 4.74 Å². The Hall–Kier alpha value is -0.120. The summed E-state index contributed by atoms with van der Waals surface area (Å²) >= 11 is 0. The molecule has 2 unspecified atom stereocenters. The van der Waals surface area contributed by atoms with E-state index in [1.54, 1.807) is 0 Å². The zero-order valence-electron chi connectivity index (χ0n) is 14.0. The highest BCUT2D eigenvalue weighted by atomic mass is 16.5. The summed E-state index contributed by atoms with van der Waals surface area (Å²) in [5.74, 6) is 0. The lowest BCUT2D eigenvalue weighted by Gasteiger charge is -2.48. The largest absolute Gasteiger partial charge is 0.365 e. The van der Waals surface area contributed by atoms with Gasteiger partial charge >= 0.3 is 0 Å². The molecule has 2 atom stereocenters. The number of hydrogen-bond donors (Lipinski definition) is 2. The smallest absolute Gasteiger partial charge is 0.0835 e. The molecule has 0 saturated heterocycles. The zero-order chi connectivity index (χ0) is 15.1. The summed E-state index contributed by atoms with van der Waals surface area (Å²) in [7, 11) is 0. The monoisotopic (exact) mass is 272 g/mol. The van der Waals surface area contributed by atoms with Crippen molar-refractivity contribution in [1.29, 1.82) is 0 Å². The van der Waals surface area contributed by atoms with Gasteiger partial charge in [0.15, 0.2) is 0 Å². The summed E-state index contributed by atoms with van der Waals surface area (Å²) in [6, 6.07) is 0.146. The molecule has 0 aliphatic carbocycles. The summed E-state index contributed by atoms with van der Waals surface area (Å²) in [4.78, 5) is 0. The van der Waals surface area contributed by atoms with Gasteiger partial charge in [-0.05, 0) is 38.5 Å². The molecule has 116 valence electrons. The molecule has 0 bridgehead atoms. The maximum Gasteiger partial charge on any atom is 0.0835 e. The number of nitrogens with two attached hydrogens (primary N) is 2. The highest BCUT2D eigenvalue weighted by Crippen LogP contribution is 2.36. The highest BCUT2D eigenvalue weighted by Gasteiger charge is 2.44. The van der Waals surface area contributed by atoms with Crippen LogP contribution in [0.4, 0.5) is 0 Å². The van der Waals surface area contributed by atoms with Crippen molar-refractivity contribution in [2.24, 2.45) is 11.5 Å². The minimum Gasteiger partial charge on any atom is -0.365 e. The van der Waals surface area contributed by atoms with Crippen molar-refractivity contribution >= 4 is 0 Å². The summed E-state index contributed by atoms with van der Waals surface area (Å²) in [5, 5.41) is 0. The third kappa shape index (κ3) is 3.93. The number of ether oxygens (including phenoxy) is 1. The van der Waals surface area contributed by atoms with Gasteiger partial charge in [-0.1, -0.05) is 41.5 Å². The molecule has 4 N–H and O–H groups in total. The fourth-order valence-electron chi connectivity index (χ4n) is 3.14. The second-order valence-electron chi connectivity index (χ2n) is 5.68. The Bertz CT molecular complexity index is 211. The van der Waals surface area contributed by atoms with E-state index in [0.29, 0.717) is 0 Å². The van der Waals surface area contributed by atoms with Gasteiger partial charge in [0.25, 0.3) is 0 Å². The molecule has 0 aliphatic rings. The Morgan fingerprint density at radius 3 is 1.11 bits per heavy atom. The van der Waals surface area contributed by atoms with E-state index in [1.165, 1.54) is 0 Å². The summed E-state index contributed by atoms with van der Waals surface area (Å²) in [6.07, 6.45) is 5.64. The second kappa shape index (κ2) is 8.23. The van der Waals surface area contributed by atoms with Gasteiger partial charge in [-0.3, -0.25) is 0 Å². The molecular formula is C16H36N2O. The molecule has 0 spiro atoms. The van der Waals surface area contributed by atoms with Crippen LogP contribution in [0.2, 0.25) is 0 Å². The van der Waals surface area contributed by atoms with Gasteiger partial charge < -0.3 is 16.2 Å². The molecule has 0 aromatic rings. The molecule has 0 rings (SSSR count). The Labute approximate surface area is 120 Å². The minimum atomic E-state index is -0.243. The van der Waals surface area contributed by atoms with Crippen LogP contribution in [-0.2, 0) is 4.74 Å². The Morgan fingerprint density at radius 2 is 0.947 bits per heavy atom. The lowest BCUT2D eigenvalue weighted by Crippen LogP contribution is -2.59. The maximum atomic E-state index is 6.68. The molecule has 0 saturated carbocycles. The topological polar surface area (TPSA) is 61.3 Å². The van der Waals surface area contributed by atoms with Gasteiger partial charge in [-0.15, -0.1) is 0 Å². The lowest BCUT2D eigenvalue weighted by molar-refractivity contribution is -0.185. The molecule has 0 fully saturated rings. The van der Waals surface area contributed by atoms with Crippen molar-refractivity contribution in [2.75, 3.05) is 0 Å².